The Balaban J connectivity index is 2.07. The third kappa shape index (κ3) is 4.56. The summed E-state index contributed by atoms with van der Waals surface area (Å²) < 4.78 is 0.729. The highest BCUT2D eigenvalue weighted by molar-refractivity contribution is 9.10. The van der Waals surface area contributed by atoms with Crippen LogP contribution >= 0.6 is 15.9 Å². The fourth-order valence-corrected chi connectivity index (χ4v) is 2.11. The number of nitrogens with zero attached hydrogens (tertiary/aromatic N) is 1. The van der Waals surface area contributed by atoms with Gasteiger partial charge in [-0.15, -0.1) is 0 Å². The predicted molar refractivity (Wildman–Crippen MR) is 89.0 cm³/mol. The molecule has 2 rings (SSSR count). The molecule has 3 N–H and O–H groups in total. The summed E-state index contributed by atoms with van der Waals surface area (Å²) in [6, 6.07) is 8.30. The average molecular weight is 363 g/mol. The zero-order chi connectivity index (χ0) is 15.9. The lowest BCUT2D eigenvalue weighted by Gasteiger charge is -2.09. The van der Waals surface area contributed by atoms with E-state index in [2.05, 4.69) is 36.9 Å². The van der Waals surface area contributed by atoms with Crippen LogP contribution in [0.25, 0.3) is 0 Å². The molecule has 0 radical (unpaired) electrons. The molecule has 6 nitrogen and oxygen atoms in total. The van der Waals surface area contributed by atoms with Crippen LogP contribution in [0.3, 0.4) is 0 Å². The molecule has 0 fully saturated rings. The van der Waals surface area contributed by atoms with Crippen LogP contribution in [0.4, 0.5) is 16.2 Å². The van der Waals surface area contributed by atoms with Crippen LogP contribution in [-0.2, 0) is 0 Å². The van der Waals surface area contributed by atoms with Gasteiger partial charge in [-0.2, -0.15) is 0 Å². The molecule has 2 aromatic rings. The summed E-state index contributed by atoms with van der Waals surface area (Å²) in [6.07, 6.45) is 3.09. The van der Waals surface area contributed by atoms with Crippen LogP contribution in [0, 0.1) is 0 Å². The van der Waals surface area contributed by atoms with Gasteiger partial charge in [0.05, 0.1) is 5.56 Å². The first-order valence-electron chi connectivity index (χ1n) is 6.65. The topological polar surface area (TPSA) is 83.1 Å². The summed E-state index contributed by atoms with van der Waals surface area (Å²) in [5, 5.41) is 8.08. The van der Waals surface area contributed by atoms with E-state index in [1.165, 1.54) is 6.20 Å². The lowest BCUT2D eigenvalue weighted by Crippen LogP contribution is -2.28. The Morgan fingerprint density at radius 1 is 1.14 bits per heavy atom. The number of carbonyl (C=O) groups is 2. The molecule has 0 unspecified atom stereocenters. The molecule has 1 aromatic heterocycles. The van der Waals surface area contributed by atoms with Crippen molar-refractivity contribution in [1.82, 2.24) is 10.3 Å². The Bertz CT molecular complexity index is 691. The van der Waals surface area contributed by atoms with E-state index in [9.17, 15) is 9.59 Å². The van der Waals surface area contributed by atoms with E-state index < -0.39 is 0 Å². The molecule has 0 saturated heterocycles. The molecule has 0 aliphatic carbocycles. The molecule has 0 atom stereocenters. The number of carbonyl (C=O) groups excluding carboxylic acids is 2. The lowest BCUT2D eigenvalue weighted by molar-refractivity contribution is 0.102. The number of nitrogens with one attached hydrogen (secondary N) is 3. The first-order chi connectivity index (χ1) is 10.6. The fourth-order valence-electron chi connectivity index (χ4n) is 1.75. The van der Waals surface area contributed by atoms with E-state index in [0.29, 0.717) is 23.5 Å². The fraction of sp³-hybridized carbons (Fsp3) is 0.133. The number of hydrogen-bond donors (Lipinski definition) is 3. The summed E-state index contributed by atoms with van der Waals surface area (Å²) in [5.41, 5.74) is 1.62. The molecule has 0 spiro atoms. The van der Waals surface area contributed by atoms with Crippen LogP contribution in [0.1, 0.15) is 17.3 Å². The van der Waals surface area contributed by atoms with Gasteiger partial charge in [0.25, 0.3) is 5.91 Å². The zero-order valence-corrected chi connectivity index (χ0v) is 13.5. The molecule has 7 heteroatoms. The summed E-state index contributed by atoms with van der Waals surface area (Å²) in [5.74, 6) is -0.274. The number of rotatable bonds is 4. The summed E-state index contributed by atoms with van der Waals surface area (Å²) >= 11 is 3.27. The van der Waals surface area contributed by atoms with Crippen molar-refractivity contribution in [3.8, 4) is 0 Å². The monoisotopic (exact) mass is 362 g/mol. The van der Waals surface area contributed by atoms with Crippen molar-refractivity contribution in [2.24, 2.45) is 0 Å². The van der Waals surface area contributed by atoms with Gasteiger partial charge in [0.15, 0.2) is 0 Å². The number of hydrogen-bond acceptors (Lipinski definition) is 3. The van der Waals surface area contributed by atoms with E-state index in [-0.39, 0.29) is 11.9 Å². The van der Waals surface area contributed by atoms with Crippen LogP contribution in [-0.4, -0.2) is 23.5 Å². The second kappa shape index (κ2) is 7.56. The van der Waals surface area contributed by atoms with Crippen molar-refractivity contribution in [2.45, 2.75) is 6.92 Å². The second-order valence-corrected chi connectivity index (χ2v) is 5.33. The first-order valence-corrected chi connectivity index (χ1v) is 7.44. The maximum atomic E-state index is 12.1. The SMILES string of the molecule is CCNC(=O)Nc1cccc(NC(=O)c2cncc(Br)c2)c1. The van der Waals surface area contributed by atoms with Crippen LogP contribution in [0.5, 0.6) is 0 Å². The van der Waals surface area contributed by atoms with Gasteiger partial charge in [-0.3, -0.25) is 9.78 Å². The van der Waals surface area contributed by atoms with E-state index in [0.717, 1.165) is 4.47 Å². The van der Waals surface area contributed by atoms with E-state index in [1.807, 2.05) is 6.92 Å². The molecule has 1 heterocycles. The highest BCUT2D eigenvalue weighted by Crippen LogP contribution is 2.17. The van der Waals surface area contributed by atoms with Gasteiger partial charge in [-0.25, -0.2) is 4.79 Å². The number of amides is 3. The van der Waals surface area contributed by atoms with Gasteiger partial charge < -0.3 is 16.0 Å². The molecule has 1 aromatic carbocycles. The van der Waals surface area contributed by atoms with Crippen molar-refractivity contribution < 1.29 is 9.59 Å². The quantitative estimate of drug-likeness (QED) is 0.780. The maximum absolute atomic E-state index is 12.1. The highest BCUT2D eigenvalue weighted by atomic mass is 79.9. The minimum absolute atomic E-state index is 0.274. The molecular weight excluding hydrogens is 348 g/mol. The van der Waals surface area contributed by atoms with Crippen LogP contribution in [0.15, 0.2) is 47.2 Å². The molecule has 0 aliphatic rings. The number of aromatic nitrogens is 1. The third-order valence-corrected chi connectivity index (χ3v) is 3.12. The molecule has 0 saturated carbocycles. The number of benzene rings is 1. The van der Waals surface area contributed by atoms with Crippen LogP contribution < -0.4 is 16.0 Å². The molecule has 3 amide bonds. The van der Waals surface area contributed by atoms with Crippen molar-refractivity contribution in [2.75, 3.05) is 17.2 Å². The summed E-state index contributed by atoms with van der Waals surface area (Å²) in [6.45, 7) is 2.38. The van der Waals surface area contributed by atoms with Gasteiger partial charge in [-0.1, -0.05) is 6.07 Å². The normalized spacial score (nSPS) is 9.91. The van der Waals surface area contributed by atoms with Crippen molar-refractivity contribution in [1.29, 1.82) is 0 Å². The van der Waals surface area contributed by atoms with E-state index >= 15 is 0 Å². The van der Waals surface area contributed by atoms with Gasteiger partial charge in [0.1, 0.15) is 0 Å². The van der Waals surface area contributed by atoms with E-state index in [4.69, 9.17) is 0 Å². The largest absolute Gasteiger partial charge is 0.338 e. The molecule has 0 bridgehead atoms. The molecule has 114 valence electrons. The second-order valence-electron chi connectivity index (χ2n) is 4.41. The van der Waals surface area contributed by atoms with Gasteiger partial charge in [-0.05, 0) is 47.1 Å². The summed E-state index contributed by atoms with van der Waals surface area (Å²) in [4.78, 5) is 27.6. The van der Waals surface area contributed by atoms with Gasteiger partial charge in [0.2, 0.25) is 0 Å². The van der Waals surface area contributed by atoms with E-state index in [1.54, 1.807) is 36.5 Å². The van der Waals surface area contributed by atoms with Crippen molar-refractivity contribution >= 4 is 39.2 Å². The minimum Gasteiger partial charge on any atom is -0.338 e. The van der Waals surface area contributed by atoms with Gasteiger partial charge >= 0.3 is 6.03 Å². The predicted octanol–water partition coefficient (Wildman–Crippen LogP) is 3.24. The number of halogens is 1. The number of pyridine rings is 1. The highest BCUT2D eigenvalue weighted by Gasteiger charge is 2.08. The Labute approximate surface area is 136 Å². The Hall–Kier alpha value is -2.41. The lowest BCUT2D eigenvalue weighted by atomic mass is 10.2. The molecule has 0 aliphatic heterocycles. The number of urea groups is 1. The Morgan fingerprint density at radius 2 is 1.86 bits per heavy atom. The number of anilines is 2. The third-order valence-electron chi connectivity index (χ3n) is 2.68. The molecule has 22 heavy (non-hydrogen) atoms. The average Bonchev–Trinajstić information content (AvgIpc) is 2.47. The minimum atomic E-state index is -0.290. The first kappa shape index (κ1) is 16.0. The van der Waals surface area contributed by atoms with Gasteiger partial charge in [0, 0.05) is 34.8 Å². The van der Waals surface area contributed by atoms with Crippen molar-refractivity contribution in [3.63, 3.8) is 0 Å². The Kier molecular flexibility index (Phi) is 5.48. The zero-order valence-electron chi connectivity index (χ0n) is 11.9. The van der Waals surface area contributed by atoms with Crippen molar-refractivity contribution in [3.05, 3.63) is 52.8 Å². The maximum Gasteiger partial charge on any atom is 0.319 e. The Morgan fingerprint density at radius 3 is 2.55 bits per heavy atom. The standard InChI is InChI=1S/C15H15BrN4O2/c1-2-18-15(22)20-13-5-3-4-12(7-13)19-14(21)10-6-11(16)9-17-8-10/h3-9H,2H2,1H3,(H,19,21)(H2,18,20,22). The molecular formula is C15H15BrN4O2. The van der Waals surface area contributed by atoms with Crippen LogP contribution in [0.2, 0.25) is 0 Å². The summed E-state index contributed by atoms with van der Waals surface area (Å²) in [7, 11) is 0. The smallest absolute Gasteiger partial charge is 0.319 e.